The number of thiophene rings is 1. The number of benzene rings is 1. The summed E-state index contributed by atoms with van der Waals surface area (Å²) in [4.78, 5) is 20.1. The van der Waals surface area contributed by atoms with Gasteiger partial charge in [0.2, 0.25) is 0 Å². The van der Waals surface area contributed by atoms with Gasteiger partial charge in [-0.15, -0.1) is 11.3 Å². The van der Waals surface area contributed by atoms with Crippen molar-refractivity contribution >= 4 is 17.2 Å². The van der Waals surface area contributed by atoms with Gasteiger partial charge in [-0.3, -0.25) is 4.79 Å². The Labute approximate surface area is 223 Å². The predicted molar refractivity (Wildman–Crippen MR) is 138 cm³/mol. The van der Waals surface area contributed by atoms with E-state index in [0.717, 1.165) is 71.7 Å². The monoisotopic (exact) mass is 557 g/mol. The number of nitrogens with zero attached hydrogens (tertiary/aromatic N) is 4. The first-order valence-electron chi connectivity index (χ1n) is 11.9. The zero-order valence-electron chi connectivity index (χ0n) is 20.2. The maximum absolute atomic E-state index is 14.4. The van der Waals surface area contributed by atoms with Crippen molar-refractivity contribution in [3.05, 3.63) is 92.7 Å². The number of halogens is 5. The molecule has 4 aromatic rings. The molecule has 1 fully saturated rings. The highest BCUT2D eigenvalue weighted by Crippen LogP contribution is 2.37. The molecule has 1 aliphatic heterocycles. The third kappa shape index (κ3) is 5.41. The average molecular weight is 558 g/mol. The summed E-state index contributed by atoms with van der Waals surface area (Å²) in [6.07, 6.45) is -3.30. The quantitative estimate of drug-likeness (QED) is 0.339. The van der Waals surface area contributed by atoms with Gasteiger partial charge in [0, 0.05) is 49.6 Å². The van der Waals surface area contributed by atoms with Crippen LogP contribution in [0.25, 0.3) is 21.7 Å². The van der Waals surface area contributed by atoms with Crippen LogP contribution in [0.4, 0.5) is 27.8 Å². The number of alkyl halides is 3. The van der Waals surface area contributed by atoms with E-state index in [1.54, 1.807) is 17.6 Å². The van der Waals surface area contributed by atoms with Crippen LogP contribution >= 0.6 is 11.3 Å². The highest BCUT2D eigenvalue weighted by Gasteiger charge is 2.37. The highest BCUT2D eigenvalue weighted by molar-refractivity contribution is 7.14. The van der Waals surface area contributed by atoms with Gasteiger partial charge in [0.15, 0.2) is 0 Å². The molecule has 0 bridgehead atoms. The van der Waals surface area contributed by atoms with E-state index in [2.05, 4.69) is 15.2 Å². The van der Waals surface area contributed by atoms with Crippen molar-refractivity contribution in [2.45, 2.75) is 12.7 Å². The molecule has 0 atom stereocenters. The fraction of sp³-hybridized carbons (Fsp3) is 0.222. The molecule has 39 heavy (non-hydrogen) atoms. The van der Waals surface area contributed by atoms with Gasteiger partial charge < -0.3 is 14.8 Å². The lowest BCUT2D eigenvalue weighted by Gasteiger charge is -2.28. The molecular formula is C27H20F5N5OS. The van der Waals surface area contributed by atoms with Crippen molar-refractivity contribution in [1.82, 2.24) is 14.9 Å². The van der Waals surface area contributed by atoms with Crippen molar-refractivity contribution in [2.75, 3.05) is 31.1 Å². The molecule has 1 aromatic carbocycles. The van der Waals surface area contributed by atoms with E-state index in [4.69, 9.17) is 0 Å². The van der Waals surface area contributed by atoms with E-state index in [-0.39, 0.29) is 11.3 Å². The molecule has 6 nitrogen and oxygen atoms in total. The van der Waals surface area contributed by atoms with Gasteiger partial charge >= 0.3 is 6.18 Å². The summed E-state index contributed by atoms with van der Waals surface area (Å²) in [5.74, 6) is -0.991. The van der Waals surface area contributed by atoms with Crippen molar-refractivity contribution in [3.8, 4) is 27.8 Å². The van der Waals surface area contributed by atoms with Crippen molar-refractivity contribution in [1.29, 1.82) is 5.26 Å². The first-order chi connectivity index (χ1) is 18.7. The van der Waals surface area contributed by atoms with E-state index in [9.17, 15) is 32.0 Å². The summed E-state index contributed by atoms with van der Waals surface area (Å²) >= 11 is 1.09. The summed E-state index contributed by atoms with van der Waals surface area (Å²) in [7, 11) is 0. The number of hydrogen-bond acceptors (Lipinski definition) is 6. The minimum absolute atomic E-state index is 0.118. The topological polar surface area (TPSA) is 74.0 Å². The second-order valence-corrected chi connectivity index (χ2v) is 9.81. The second kappa shape index (κ2) is 10.6. The maximum Gasteiger partial charge on any atom is 0.417 e. The van der Waals surface area contributed by atoms with Crippen molar-refractivity contribution < 1.29 is 22.0 Å². The van der Waals surface area contributed by atoms with Gasteiger partial charge in [-0.2, -0.15) is 18.4 Å². The fourth-order valence-electron chi connectivity index (χ4n) is 4.42. The molecule has 0 radical (unpaired) electrons. The molecule has 0 amide bonds. The molecular weight excluding hydrogens is 537 g/mol. The van der Waals surface area contributed by atoms with Crippen LogP contribution in [0.1, 0.15) is 16.7 Å². The second-order valence-electron chi connectivity index (χ2n) is 8.90. The summed E-state index contributed by atoms with van der Waals surface area (Å²) in [5, 5.41) is 14.4. The SMILES string of the molecule is N#Cc1c(C(F)(F)F)cc(-c2cc(-c3ccc(N4CCNCC4)nc3)cs2)n(Cc2ccc(F)cc2F)c1=O. The molecule has 12 heteroatoms. The number of anilines is 1. The molecule has 0 saturated carbocycles. The Morgan fingerprint density at radius 3 is 2.46 bits per heavy atom. The van der Waals surface area contributed by atoms with E-state index >= 15 is 0 Å². The molecule has 200 valence electrons. The third-order valence-corrected chi connectivity index (χ3v) is 7.39. The van der Waals surface area contributed by atoms with Crippen LogP contribution in [0.5, 0.6) is 0 Å². The van der Waals surface area contributed by atoms with Gasteiger partial charge in [0.1, 0.15) is 29.1 Å². The lowest BCUT2D eigenvalue weighted by atomic mass is 10.1. The Bertz CT molecular complexity index is 1620. The Kier molecular flexibility index (Phi) is 7.20. The highest BCUT2D eigenvalue weighted by atomic mass is 32.1. The minimum atomic E-state index is -4.97. The lowest BCUT2D eigenvalue weighted by molar-refractivity contribution is -0.137. The standard InChI is InChI=1S/C27H20F5N5OS/c28-19-3-1-17(22(29)10-19)14-37-23(11-21(27(30,31)32)20(12-33)26(37)38)24-9-18(15-39-24)16-2-4-25(35-13-16)36-7-5-34-6-8-36/h1-4,9-11,13,15,34H,5-8,14H2. The molecule has 5 rings (SSSR count). The molecule has 0 spiro atoms. The minimum Gasteiger partial charge on any atom is -0.354 e. The number of aromatic nitrogens is 2. The van der Waals surface area contributed by atoms with Gasteiger partial charge in [0.25, 0.3) is 5.56 Å². The van der Waals surface area contributed by atoms with Crippen LogP contribution in [0.3, 0.4) is 0 Å². The molecule has 1 aliphatic rings. The number of nitriles is 1. The van der Waals surface area contributed by atoms with Crippen LogP contribution in [-0.2, 0) is 12.7 Å². The predicted octanol–water partition coefficient (Wildman–Crippen LogP) is 5.27. The van der Waals surface area contributed by atoms with Crippen LogP contribution in [0.15, 0.2) is 58.8 Å². The van der Waals surface area contributed by atoms with Crippen molar-refractivity contribution in [2.24, 2.45) is 0 Å². The van der Waals surface area contributed by atoms with Crippen LogP contribution in [0, 0.1) is 23.0 Å². The third-order valence-electron chi connectivity index (χ3n) is 6.44. The molecule has 3 aromatic heterocycles. The zero-order valence-corrected chi connectivity index (χ0v) is 21.0. The Balaban J connectivity index is 1.58. The normalized spacial score (nSPS) is 13.9. The first-order valence-corrected chi connectivity index (χ1v) is 12.7. The van der Waals surface area contributed by atoms with E-state index in [0.29, 0.717) is 16.5 Å². The summed E-state index contributed by atoms with van der Waals surface area (Å²) in [6.45, 7) is 2.85. The largest absolute Gasteiger partial charge is 0.417 e. The number of piperazine rings is 1. The first kappa shape index (κ1) is 26.5. The molecule has 1 N–H and O–H groups in total. The number of pyridine rings is 2. The number of nitrogens with one attached hydrogen (secondary N) is 1. The van der Waals surface area contributed by atoms with Gasteiger partial charge in [-0.25, -0.2) is 13.8 Å². The smallest absolute Gasteiger partial charge is 0.354 e. The fourth-order valence-corrected chi connectivity index (χ4v) is 5.36. The number of hydrogen-bond donors (Lipinski definition) is 1. The maximum atomic E-state index is 14.4. The van der Waals surface area contributed by atoms with Gasteiger partial charge in [-0.05, 0) is 41.3 Å². The zero-order chi connectivity index (χ0) is 27.7. The van der Waals surface area contributed by atoms with Gasteiger partial charge in [-0.1, -0.05) is 6.07 Å². The number of rotatable bonds is 5. The Morgan fingerprint density at radius 1 is 1.05 bits per heavy atom. The van der Waals surface area contributed by atoms with Crippen LogP contribution in [-0.4, -0.2) is 35.7 Å². The van der Waals surface area contributed by atoms with E-state index in [1.807, 2.05) is 12.1 Å². The van der Waals surface area contributed by atoms with Gasteiger partial charge in [0.05, 0.1) is 22.7 Å². The van der Waals surface area contributed by atoms with Crippen molar-refractivity contribution in [3.63, 3.8) is 0 Å². The van der Waals surface area contributed by atoms with Crippen LogP contribution < -0.4 is 15.8 Å². The van der Waals surface area contributed by atoms with E-state index in [1.165, 1.54) is 6.07 Å². The summed E-state index contributed by atoms with van der Waals surface area (Å²) in [6, 6.07) is 10.1. The molecule has 0 unspecified atom stereocenters. The molecule has 0 aliphatic carbocycles. The molecule has 4 heterocycles. The summed E-state index contributed by atoms with van der Waals surface area (Å²) < 4.78 is 70.2. The Hall–Kier alpha value is -4.08. The average Bonchev–Trinajstić information content (AvgIpc) is 3.41. The summed E-state index contributed by atoms with van der Waals surface area (Å²) in [5.41, 5.74) is -2.57. The Morgan fingerprint density at radius 2 is 1.82 bits per heavy atom. The molecule has 1 saturated heterocycles. The lowest BCUT2D eigenvalue weighted by Crippen LogP contribution is -2.43. The van der Waals surface area contributed by atoms with E-state index < -0.39 is 41.0 Å². The van der Waals surface area contributed by atoms with Crippen LogP contribution in [0.2, 0.25) is 0 Å².